The number of piperidine rings is 1. The molecule has 0 aliphatic carbocycles. The maximum atomic E-state index is 12.2. The van der Waals surface area contributed by atoms with Gasteiger partial charge in [-0.25, -0.2) is 17.5 Å². The van der Waals surface area contributed by atoms with Crippen LogP contribution in [-0.2, 0) is 21.4 Å². The van der Waals surface area contributed by atoms with Crippen LogP contribution >= 0.6 is 0 Å². The van der Waals surface area contributed by atoms with Crippen molar-refractivity contribution in [3.05, 3.63) is 35.9 Å². The van der Waals surface area contributed by atoms with Gasteiger partial charge in [0.1, 0.15) is 6.61 Å². The predicted octanol–water partition coefficient (Wildman–Crippen LogP) is 1.34. The first-order chi connectivity index (χ1) is 9.98. The molecule has 1 fully saturated rings. The Morgan fingerprint density at radius 3 is 2.48 bits per heavy atom. The largest absolute Gasteiger partial charge is 0.444 e. The fourth-order valence-corrected chi connectivity index (χ4v) is 3.46. The average molecular weight is 312 g/mol. The molecule has 2 rings (SSSR count). The highest BCUT2D eigenvalue weighted by molar-refractivity contribution is 7.88. The van der Waals surface area contributed by atoms with Crippen molar-refractivity contribution in [1.29, 1.82) is 0 Å². The van der Waals surface area contributed by atoms with Crippen molar-refractivity contribution in [2.24, 2.45) is 0 Å². The maximum Gasteiger partial charge on any atom is 0.424 e. The van der Waals surface area contributed by atoms with E-state index in [1.807, 2.05) is 30.3 Å². The molecule has 1 aliphatic rings. The van der Waals surface area contributed by atoms with E-state index in [9.17, 15) is 13.2 Å². The third-order valence-corrected chi connectivity index (χ3v) is 4.54. The van der Waals surface area contributed by atoms with E-state index in [0.717, 1.165) is 16.1 Å². The Balaban J connectivity index is 2.04. The summed E-state index contributed by atoms with van der Waals surface area (Å²) >= 11 is 0. The van der Waals surface area contributed by atoms with Crippen LogP contribution in [0.15, 0.2) is 30.3 Å². The van der Waals surface area contributed by atoms with Gasteiger partial charge in [0.25, 0.3) is 0 Å². The smallest absolute Gasteiger partial charge is 0.424 e. The summed E-state index contributed by atoms with van der Waals surface area (Å²) in [4.78, 5) is 12.2. The molecule has 0 unspecified atom stereocenters. The number of nitrogens with one attached hydrogen (secondary N) is 1. The maximum absolute atomic E-state index is 12.2. The molecule has 0 spiro atoms. The molecule has 1 saturated heterocycles. The van der Waals surface area contributed by atoms with Crippen LogP contribution in [0, 0.1) is 0 Å². The van der Waals surface area contributed by atoms with Crippen LogP contribution in [0.5, 0.6) is 0 Å². The zero-order valence-electron chi connectivity index (χ0n) is 12.0. The molecule has 6 nitrogen and oxygen atoms in total. The van der Waals surface area contributed by atoms with E-state index in [1.165, 1.54) is 0 Å². The van der Waals surface area contributed by atoms with Crippen LogP contribution < -0.4 is 5.32 Å². The molecule has 21 heavy (non-hydrogen) atoms. The second-order valence-electron chi connectivity index (χ2n) is 5.08. The lowest BCUT2D eigenvalue weighted by atomic mass is 10.1. The standard InChI is InChI=1S/C14H20N2O4S/c1-21(18,19)16(13-7-9-15-10-8-13)14(17)20-11-12-5-3-2-4-6-12/h2-6,13,15H,7-11H2,1H3. The van der Waals surface area contributed by atoms with Crippen LogP contribution in [0.2, 0.25) is 0 Å². The molecule has 0 bridgehead atoms. The fraction of sp³-hybridized carbons (Fsp3) is 0.500. The van der Waals surface area contributed by atoms with Crippen molar-refractivity contribution in [1.82, 2.24) is 9.62 Å². The van der Waals surface area contributed by atoms with Crippen LogP contribution in [0.25, 0.3) is 0 Å². The van der Waals surface area contributed by atoms with Gasteiger partial charge in [0.15, 0.2) is 0 Å². The highest BCUT2D eigenvalue weighted by atomic mass is 32.2. The van der Waals surface area contributed by atoms with Gasteiger partial charge in [0.05, 0.1) is 12.3 Å². The van der Waals surface area contributed by atoms with Crippen LogP contribution in [0.3, 0.4) is 0 Å². The Bertz CT molecular complexity index is 568. The number of carbonyl (C=O) groups is 1. The van der Waals surface area contributed by atoms with Crippen molar-refractivity contribution in [2.75, 3.05) is 19.3 Å². The molecular formula is C14H20N2O4S. The van der Waals surface area contributed by atoms with Gasteiger partial charge in [-0.3, -0.25) is 0 Å². The molecule has 0 aromatic heterocycles. The highest BCUT2D eigenvalue weighted by Gasteiger charge is 2.33. The fourth-order valence-electron chi connectivity index (χ4n) is 2.38. The van der Waals surface area contributed by atoms with E-state index in [-0.39, 0.29) is 12.6 Å². The number of nitrogens with zero attached hydrogens (tertiary/aromatic N) is 1. The Labute approximate surface area is 125 Å². The second kappa shape index (κ2) is 6.91. The molecular weight excluding hydrogens is 292 g/mol. The van der Waals surface area contributed by atoms with Gasteiger partial charge >= 0.3 is 6.09 Å². The predicted molar refractivity (Wildman–Crippen MR) is 79.2 cm³/mol. The third-order valence-electron chi connectivity index (χ3n) is 3.38. The van der Waals surface area contributed by atoms with Gasteiger partial charge in [-0.15, -0.1) is 0 Å². The first-order valence-corrected chi connectivity index (χ1v) is 8.74. The Morgan fingerprint density at radius 2 is 1.90 bits per heavy atom. The summed E-state index contributed by atoms with van der Waals surface area (Å²) < 4.78 is 29.8. The third kappa shape index (κ3) is 4.44. The van der Waals surface area contributed by atoms with Gasteiger partial charge in [0, 0.05) is 0 Å². The normalized spacial score (nSPS) is 16.4. The van der Waals surface area contributed by atoms with E-state index in [4.69, 9.17) is 4.74 Å². The summed E-state index contributed by atoms with van der Waals surface area (Å²) in [6.45, 7) is 1.46. The van der Waals surface area contributed by atoms with Crippen LogP contribution in [-0.4, -0.2) is 44.2 Å². The summed E-state index contributed by atoms with van der Waals surface area (Å²) in [6, 6.07) is 8.85. The number of hydrogen-bond acceptors (Lipinski definition) is 5. The summed E-state index contributed by atoms with van der Waals surface area (Å²) in [6.07, 6.45) is 1.45. The molecule has 0 radical (unpaired) electrons. The van der Waals surface area contributed by atoms with Crippen molar-refractivity contribution in [3.8, 4) is 0 Å². The van der Waals surface area contributed by atoms with E-state index >= 15 is 0 Å². The molecule has 7 heteroatoms. The van der Waals surface area contributed by atoms with Gasteiger partial charge in [0.2, 0.25) is 10.0 Å². The van der Waals surface area contributed by atoms with Crippen molar-refractivity contribution < 1.29 is 17.9 Å². The number of benzene rings is 1. The molecule has 116 valence electrons. The number of rotatable bonds is 4. The Hall–Kier alpha value is -1.60. The van der Waals surface area contributed by atoms with E-state index in [2.05, 4.69) is 5.32 Å². The van der Waals surface area contributed by atoms with Crippen LogP contribution in [0.1, 0.15) is 18.4 Å². The lowest BCUT2D eigenvalue weighted by Gasteiger charge is -2.31. The number of sulfonamides is 1. The molecule has 1 amide bonds. The zero-order valence-corrected chi connectivity index (χ0v) is 12.8. The minimum atomic E-state index is -3.64. The first-order valence-electron chi connectivity index (χ1n) is 6.89. The van der Waals surface area contributed by atoms with Crippen molar-refractivity contribution in [3.63, 3.8) is 0 Å². The lowest BCUT2D eigenvalue weighted by Crippen LogP contribution is -2.48. The summed E-state index contributed by atoms with van der Waals surface area (Å²) in [7, 11) is -3.64. The average Bonchev–Trinajstić information content (AvgIpc) is 2.46. The molecule has 1 aromatic carbocycles. The molecule has 1 aliphatic heterocycles. The van der Waals surface area contributed by atoms with Crippen molar-refractivity contribution >= 4 is 16.1 Å². The number of ether oxygens (including phenoxy) is 1. The quantitative estimate of drug-likeness (QED) is 0.908. The molecule has 0 saturated carbocycles. The lowest BCUT2D eigenvalue weighted by molar-refractivity contribution is 0.105. The van der Waals surface area contributed by atoms with Gasteiger partial charge in [-0.05, 0) is 31.5 Å². The van der Waals surface area contributed by atoms with Gasteiger partial charge < -0.3 is 10.1 Å². The molecule has 1 heterocycles. The number of hydrogen-bond donors (Lipinski definition) is 1. The summed E-state index contributed by atoms with van der Waals surface area (Å²) in [5.74, 6) is 0. The Kier molecular flexibility index (Phi) is 5.19. The zero-order chi connectivity index (χ0) is 15.3. The minimum absolute atomic E-state index is 0.0661. The van der Waals surface area contributed by atoms with Crippen molar-refractivity contribution in [2.45, 2.75) is 25.5 Å². The SMILES string of the molecule is CS(=O)(=O)N(C(=O)OCc1ccccc1)C1CCNCC1. The van der Waals surface area contributed by atoms with E-state index in [1.54, 1.807) is 0 Å². The molecule has 0 atom stereocenters. The molecule has 1 aromatic rings. The van der Waals surface area contributed by atoms with E-state index < -0.39 is 16.1 Å². The first kappa shape index (κ1) is 15.8. The number of amides is 1. The minimum Gasteiger partial charge on any atom is -0.444 e. The summed E-state index contributed by atoms with van der Waals surface area (Å²) in [5, 5.41) is 3.14. The Morgan fingerprint density at radius 1 is 1.29 bits per heavy atom. The summed E-state index contributed by atoms with van der Waals surface area (Å²) in [5.41, 5.74) is 0.824. The topological polar surface area (TPSA) is 75.7 Å². The molecule has 1 N–H and O–H groups in total. The second-order valence-corrected chi connectivity index (χ2v) is 6.94. The monoisotopic (exact) mass is 312 g/mol. The number of carbonyl (C=O) groups excluding carboxylic acids is 1. The van der Waals surface area contributed by atoms with Crippen LogP contribution in [0.4, 0.5) is 4.79 Å². The highest BCUT2D eigenvalue weighted by Crippen LogP contribution is 2.17. The van der Waals surface area contributed by atoms with Gasteiger partial charge in [-0.1, -0.05) is 30.3 Å². The van der Waals surface area contributed by atoms with Gasteiger partial charge in [-0.2, -0.15) is 0 Å². The van der Waals surface area contributed by atoms with E-state index in [0.29, 0.717) is 25.9 Å².